The second-order valence-electron chi connectivity index (χ2n) is 4.58. The van der Waals surface area contributed by atoms with E-state index in [2.05, 4.69) is 18.7 Å². The van der Waals surface area contributed by atoms with Crippen LogP contribution < -0.4 is 0 Å². The van der Waals surface area contributed by atoms with Gasteiger partial charge in [0.25, 0.3) is 0 Å². The molecule has 1 heterocycles. The lowest BCUT2D eigenvalue weighted by molar-refractivity contribution is -0.150. The van der Waals surface area contributed by atoms with E-state index in [4.69, 9.17) is 9.47 Å². The zero-order valence-electron chi connectivity index (χ0n) is 9.24. The summed E-state index contributed by atoms with van der Waals surface area (Å²) in [4.78, 5) is 2.44. The minimum Gasteiger partial charge on any atom is -0.351 e. The molecule has 0 N–H and O–H groups in total. The molecule has 1 aliphatic heterocycles. The third-order valence-corrected chi connectivity index (χ3v) is 2.88. The van der Waals surface area contributed by atoms with Gasteiger partial charge in [0, 0.05) is 19.1 Å². The van der Waals surface area contributed by atoms with Crippen LogP contribution in [0.4, 0.5) is 0 Å². The number of ether oxygens (including phenoxy) is 2. The van der Waals surface area contributed by atoms with Crippen molar-refractivity contribution < 1.29 is 9.47 Å². The summed E-state index contributed by atoms with van der Waals surface area (Å²) >= 11 is 0. The SMILES string of the molecule is CC(C)N1CCCO[C@H](OC2CC2)C1. The molecule has 2 aliphatic rings. The zero-order chi connectivity index (χ0) is 9.97. The molecule has 0 aromatic heterocycles. The zero-order valence-corrected chi connectivity index (χ0v) is 9.24. The van der Waals surface area contributed by atoms with E-state index in [9.17, 15) is 0 Å². The van der Waals surface area contributed by atoms with Crippen LogP contribution in [0.1, 0.15) is 33.1 Å². The summed E-state index contributed by atoms with van der Waals surface area (Å²) in [5.74, 6) is 0. The van der Waals surface area contributed by atoms with Crippen LogP contribution in [0, 0.1) is 0 Å². The van der Waals surface area contributed by atoms with Gasteiger partial charge in [-0.3, -0.25) is 4.90 Å². The van der Waals surface area contributed by atoms with Gasteiger partial charge in [-0.15, -0.1) is 0 Å². The molecule has 0 amide bonds. The molecule has 0 aromatic carbocycles. The Balaban J connectivity index is 1.82. The third-order valence-electron chi connectivity index (χ3n) is 2.88. The standard InChI is InChI=1S/C11H21NO2/c1-9(2)12-6-3-7-13-11(8-12)14-10-4-5-10/h9-11H,3-8H2,1-2H3/t11-/m1/s1. The van der Waals surface area contributed by atoms with Gasteiger partial charge in [0.2, 0.25) is 0 Å². The van der Waals surface area contributed by atoms with E-state index in [1.165, 1.54) is 12.8 Å². The minimum atomic E-state index is 0.0207. The number of hydrogen-bond acceptors (Lipinski definition) is 3. The molecule has 1 saturated heterocycles. The first-order chi connectivity index (χ1) is 6.75. The Morgan fingerprint density at radius 1 is 1.36 bits per heavy atom. The van der Waals surface area contributed by atoms with E-state index in [0.29, 0.717) is 12.1 Å². The lowest BCUT2D eigenvalue weighted by atomic mass is 10.3. The Kier molecular flexibility index (Phi) is 3.42. The summed E-state index contributed by atoms with van der Waals surface area (Å²) in [5, 5.41) is 0. The van der Waals surface area contributed by atoms with Crippen LogP contribution in [0.25, 0.3) is 0 Å². The van der Waals surface area contributed by atoms with Gasteiger partial charge >= 0.3 is 0 Å². The van der Waals surface area contributed by atoms with Gasteiger partial charge in [0.1, 0.15) is 0 Å². The fourth-order valence-electron chi connectivity index (χ4n) is 1.79. The van der Waals surface area contributed by atoms with Gasteiger partial charge in [0.05, 0.1) is 12.7 Å². The molecular weight excluding hydrogens is 178 g/mol. The lowest BCUT2D eigenvalue weighted by Gasteiger charge is -2.27. The molecule has 3 heteroatoms. The Morgan fingerprint density at radius 3 is 2.79 bits per heavy atom. The van der Waals surface area contributed by atoms with Crippen LogP contribution >= 0.6 is 0 Å². The van der Waals surface area contributed by atoms with Crippen LogP contribution in [0.3, 0.4) is 0 Å². The van der Waals surface area contributed by atoms with E-state index in [-0.39, 0.29) is 6.29 Å². The van der Waals surface area contributed by atoms with Crippen molar-refractivity contribution in [3.63, 3.8) is 0 Å². The second-order valence-corrected chi connectivity index (χ2v) is 4.58. The van der Waals surface area contributed by atoms with Crippen molar-refractivity contribution >= 4 is 0 Å². The minimum absolute atomic E-state index is 0.0207. The summed E-state index contributed by atoms with van der Waals surface area (Å²) in [6.45, 7) is 7.40. The van der Waals surface area contributed by atoms with Gasteiger partial charge in [-0.25, -0.2) is 0 Å². The number of rotatable bonds is 3. The van der Waals surface area contributed by atoms with Gasteiger partial charge in [-0.2, -0.15) is 0 Å². The fourth-order valence-corrected chi connectivity index (χ4v) is 1.79. The van der Waals surface area contributed by atoms with Crippen LogP contribution in [-0.2, 0) is 9.47 Å². The topological polar surface area (TPSA) is 21.7 Å². The highest BCUT2D eigenvalue weighted by Gasteiger charge is 2.29. The van der Waals surface area contributed by atoms with Gasteiger partial charge in [0.15, 0.2) is 6.29 Å². The maximum absolute atomic E-state index is 5.80. The molecule has 3 nitrogen and oxygen atoms in total. The van der Waals surface area contributed by atoms with Crippen LogP contribution in [0.15, 0.2) is 0 Å². The first kappa shape index (κ1) is 10.4. The van der Waals surface area contributed by atoms with E-state index in [0.717, 1.165) is 26.1 Å². The summed E-state index contributed by atoms with van der Waals surface area (Å²) in [7, 11) is 0. The average molecular weight is 199 g/mol. The van der Waals surface area contributed by atoms with Gasteiger partial charge in [-0.05, 0) is 33.1 Å². The van der Waals surface area contributed by atoms with E-state index in [1.807, 2.05) is 0 Å². The molecule has 0 radical (unpaired) electrons. The van der Waals surface area contributed by atoms with Crippen LogP contribution in [-0.4, -0.2) is 43.0 Å². The number of hydrogen-bond donors (Lipinski definition) is 0. The summed E-state index contributed by atoms with van der Waals surface area (Å²) in [6.07, 6.45) is 4.09. The molecule has 1 atom stereocenters. The smallest absolute Gasteiger partial charge is 0.170 e. The highest BCUT2D eigenvalue weighted by atomic mass is 16.7. The Bertz CT molecular complexity index is 180. The second kappa shape index (κ2) is 4.60. The third kappa shape index (κ3) is 2.94. The van der Waals surface area contributed by atoms with Crippen molar-refractivity contribution in [1.82, 2.24) is 4.90 Å². The van der Waals surface area contributed by atoms with Gasteiger partial charge < -0.3 is 9.47 Å². The molecule has 2 rings (SSSR count). The highest BCUT2D eigenvalue weighted by Crippen LogP contribution is 2.26. The Labute approximate surface area is 86.4 Å². The van der Waals surface area contributed by atoms with Crippen molar-refractivity contribution in [3.8, 4) is 0 Å². The van der Waals surface area contributed by atoms with Crippen LogP contribution in [0.5, 0.6) is 0 Å². The van der Waals surface area contributed by atoms with Crippen molar-refractivity contribution in [2.24, 2.45) is 0 Å². The van der Waals surface area contributed by atoms with E-state index >= 15 is 0 Å². The van der Waals surface area contributed by atoms with Crippen molar-refractivity contribution in [1.29, 1.82) is 0 Å². The quantitative estimate of drug-likeness (QED) is 0.689. The average Bonchev–Trinajstić information content (AvgIpc) is 2.92. The Hall–Kier alpha value is -0.120. The van der Waals surface area contributed by atoms with Crippen molar-refractivity contribution in [3.05, 3.63) is 0 Å². The largest absolute Gasteiger partial charge is 0.351 e. The predicted octanol–water partition coefficient (Wildman–Crippen LogP) is 1.62. The summed E-state index contributed by atoms with van der Waals surface area (Å²) in [5.41, 5.74) is 0. The molecule has 0 unspecified atom stereocenters. The van der Waals surface area contributed by atoms with E-state index in [1.54, 1.807) is 0 Å². The van der Waals surface area contributed by atoms with Crippen molar-refractivity contribution in [2.45, 2.75) is 51.5 Å². The first-order valence-electron chi connectivity index (χ1n) is 5.77. The maximum Gasteiger partial charge on any atom is 0.170 e. The molecule has 2 fully saturated rings. The molecule has 1 saturated carbocycles. The normalized spacial score (nSPS) is 30.6. The maximum atomic E-state index is 5.80. The van der Waals surface area contributed by atoms with Crippen LogP contribution in [0.2, 0.25) is 0 Å². The summed E-state index contributed by atoms with van der Waals surface area (Å²) in [6, 6.07) is 0.599. The highest BCUT2D eigenvalue weighted by molar-refractivity contribution is 4.76. The first-order valence-corrected chi connectivity index (χ1v) is 5.77. The Morgan fingerprint density at radius 2 is 2.14 bits per heavy atom. The molecule has 0 aromatic rings. The number of nitrogens with zero attached hydrogens (tertiary/aromatic N) is 1. The molecular formula is C11H21NO2. The lowest BCUT2D eigenvalue weighted by Crippen LogP contribution is -2.38. The van der Waals surface area contributed by atoms with Gasteiger partial charge in [-0.1, -0.05) is 0 Å². The predicted molar refractivity (Wildman–Crippen MR) is 55.2 cm³/mol. The van der Waals surface area contributed by atoms with E-state index < -0.39 is 0 Å². The molecule has 82 valence electrons. The monoisotopic (exact) mass is 199 g/mol. The molecule has 0 spiro atoms. The molecule has 0 bridgehead atoms. The van der Waals surface area contributed by atoms with Crippen molar-refractivity contribution in [2.75, 3.05) is 19.7 Å². The fraction of sp³-hybridized carbons (Fsp3) is 1.00. The molecule has 1 aliphatic carbocycles. The summed E-state index contributed by atoms with van der Waals surface area (Å²) < 4.78 is 11.5. The molecule has 14 heavy (non-hydrogen) atoms.